The van der Waals surface area contributed by atoms with Crippen LogP contribution in [0.5, 0.6) is 5.75 Å². The molecule has 1 aliphatic heterocycles. The first-order chi connectivity index (χ1) is 9.15. The molecular weight excluding hydrogens is 247 g/mol. The number of benzene rings is 1. The normalized spacial score (nSPS) is 19.6. The zero-order valence-corrected chi connectivity index (χ0v) is 11.3. The van der Waals surface area contributed by atoms with Gasteiger partial charge < -0.3 is 15.0 Å². The Bertz CT molecular complexity index is 465. The Kier molecular flexibility index (Phi) is 4.37. The van der Waals surface area contributed by atoms with Gasteiger partial charge in [-0.1, -0.05) is 13.0 Å². The summed E-state index contributed by atoms with van der Waals surface area (Å²) in [6, 6.07) is 4.69. The summed E-state index contributed by atoms with van der Waals surface area (Å²) >= 11 is 0. The lowest BCUT2D eigenvalue weighted by Gasteiger charge is -2.32. The molecular formula is C14H19FN2O2. The Labute approximate surface area is 112 Å². The molecule has 104 valence electrons. The number of carbonyl (C=O) groups is 1. The smallest absolute Gasteiger partial charge is 0.240 e. The number of rotatable bonds is 4. The lowest BCUT2D eigenvalue weighted by molar-refractivity contribution is -0.136. The van der Waals surface area contributed by atoms with Crippen LogP contribution >= 0.6 is 0 Å². The zero-order valence-electron chi connectivity index (χ0n) is 11.3. The molecule has 1 aliphatic rings. The summed E-state index contributed by atoms with van der Waals surface area (Å²) in [5.41, 5.74) is 0.781. The molecule has 19 heavy (non-hydrogen) atoms. The molecule has 2 rings (SSSR count). The maximum absolute atomic E-state index is 13.6. The Balaban J connectivity index is 2.08. The number of hydrogen-bond donors (Lipinski definition) is 1. The predicted octanol–water partition coefficient (Wildman–Crippen LogP) is 1.54. The summed E-state index contributed by atoms with van der Waals surface area (Å²) in [7, 11) is 1.43. The van der Waals surface area contributed by atoms with E-state index >= 15 is 0 Å². The number of nitrogens with zero attached hydrogens (tertiary/aromatic N) is 1. The number of piperazine rings is 1. The molecule has 0 spiro atoms. The molecule has 1 saturated heterocycles. The van der Waals surface area contributed by atoms with Gasteiger partial charge in [0.15, 0.2) is 11.6 Å². The van der Waals surface area contributed by atoms with Crippen molar-refractivity contribution in [2.75, 3.05) is 20.2 Å². The molecule has 1 fully saturated rings. The van der Waals surface area contributed by atoms with Gasteiger partial charge in [-0.25, -0.2) is 4.39 Å². The van der Waals surface area contributed by atoms with Crippen molar-refractivity contribution in [2.45, 2.75) is 25.9 Å². The highest BCUT2D eigenvalue weighted by Gasteiger charge is 2.26. The highest BCUT2D eigenvalue weighted by Crippen LogP contribution is 2.19. The molecule has 1 heterocycles. The highest BCUT2D eigenvalue weighted by molar-refractivity contribution is 5.82. The van der Waals surface area contributed by atoms with Crippen molar-refractivity contribution < 1.29 is 13.9 Å². The molecule has 0 aliphatic carbocycles. The molecule has 1 N–H and O–H groups in total. The van der Waals surface area contributed by atoms with E-state index in [9.17, 15) is 9.18 Å². The van der Waals surface area contributed by atoms with Crippen molar-refractivity contribution in [1.29, 1.82) is 0 Å². The van der Waals surface area contributed by atoms with Gasteiger partial charge in [0.05, 0.1) is 13.2 Å². The molecule has 5 heteroatoms. The SMILES string of the molecule is CCC1NCCN(Cc2ccc(OC)c(F)c2)C1=O. The first kappa shape index (κ1) is 13.8. The van der Waals surface area contributed by atoms with Gasteiger partial charge in [0, 0.05) is 19.6 Å². The average molecular weight is 266 g/mol. The minimum Gasteiger partial charge on any atom is -0.494 e. The second-order valence-electron chi connectivity index (χ2n) is 4.64. The molecule has 0 saturated carbocycles. The van der Waals surface area contributed by atoms with E-state index < -0.39 is 5.82 Å². The molecule has 4 nitrogen and oxygen atoms in total. The fraction of sp³-hybridized carbons (Fsp3) is 0.500. The molecule has 0 bridgehead atoms. The first-order valence-corrected chi connectivity index (χ1v) is 6.50. The van der Waals surface area contributed by atoms with E-state index in [1.807, 2.05) is 6.92 Å². The fourth-order valence-corrected chi connectivity index (χ4v) is 2.30. The Morgan fingerprint density at radius 2 is 2.32 bits per heavy atom. The van der Waals surface area contributed by atoms with Crippen LogP contribution in [0, 0.1) is 5.82 Å². The van der Waals surface area contributed by atoms with E-state index in [-0.39, 0.29) is 17.7 Å². The van der Waals surface area contributed by atoms with Crippen molar-refractivity contribution in [3.05, 3.63) is 29.6 Å². The van der Waals surface area contributed by atoms with E-state index in [2.05, 4.69) is 5.32 Å². The summed E-state index contributed by atoms with van der Waals surface area (Å²) in [5, 5.41) is 3.18. The van der Waals surface area contributed by atoms with Gasteiger partial charge in [-0.05, 0) is 24.1 Å². The number of ether oxygens (including phenoxy) is 1. The number of amides is 1. The van der Waals surface area contributed by atoms with E-state index in [1.54, 1.807) is 17.0 Å². The summed E-state index contributed by atoms with van der Waals surface area (Å²) in [6.07, 6.45) is 0.770. The topological polar surface area (TPSA) is 41.6 Å². The Morgan fingerprint density at radius 1 is 1.53 bits per heavy atom. The third-order valence-corrected chi connectivity index (χ3v) is 3.38. The monoisotopic (exact) mass is 266 g/mol. The van der Waals surface area contributed by atoms with Gasteiger partial charge >= 0.3 is 0 Å². The molecule has 1 unspecified atom stereocenters. The van der Waals surface area contributed by atoms with E-state index in [0.717, 1.165) is 18.5 Å². The minimum absolute atomic E-state index is 0.0879. The van der Waals surface area contributed by atoms with Crippen LogP contribution in [0.2, 0.25) is 0 Å². The summed E-state index contributed by atoms with van der Waals surface area (Å²) in [6.45, 7) is 3.86. The van der Waals surface area contributed by atoms with Gasteiger partial charge in [-0.2, -0.15) is 0 Å². The van der Waals surface area contributed by atoms with Gasteiger partial charge in [-0.3, -0.25) is 4.79 Å². The van der Waals surface area contributed by atoms with Crippen molar-refractivity contribution in [3.8, 4) is 5.75 Å². The molecule has 1 aromatic carbocycles. The summed E-state index contributed by atoms with van der Waals surface area (Å²) in [4.78, 5) is 13.9. The fourth-order valence-electron chi connectivity index (χ4n) is 2.30. The lowest BCUT2D eigenvalue weighted by atomic mass is 10.1. The van der Waals surface area contributed by atoms with Crippen molar-refractivity contribution in [1.82, 2.24) is 10.2 Å². The van der Waals surface area contributed by atoms with Crippen molar-refractivity contribution in [2.24, 2.45) is 0 Å². The van der Waals surface area contributed by atoms with Crippen LogP contribution in [0.25, 0.3) is 0 Å². The van der Waals surface area contributed by atoms with Crippen LogP contribution in [0.4, 0.5) is 4.39 Å². The molecule has 1 amide bonds. The molecule has 1 aromatic rings. The van der Waals surface area contributed by atoms with Gasteiger partial charge in [-0.15, -0.1) is 0 Å². The highest BCUT2D eigenvalue weighted by atomic mass is 19.1. The third kappa shape index (κ3) is 3.04. The minimum atomic E-state index is -0.394. The third-order valence-electron chi connectivity index (χ3n) is 3.38. The van der Waals surface area contributed by atoms with E-state index in [1.165, 1.54) is 13.2 Å². The number of hydrogen-bond acceptors (Lipinski definition) is 3. The zero-order chi connectivity index (χ0) is 13.8. The lowest BCUT2D eigenvalue weighted by Crippen LogP contribution is -2.54. The second-order valence-corrected chi connectivity index (χ2v) is 4.64. The summed E-state index contributed by atoms with van der Waals surface area (Å²) in [5.74, 6) is -0.0820. The molecule has 1 atom stereocenters. The number of methoxy groups -OCH3 is 1. The van der Waals surface area contributed by atoms with E-state index in [0.29, 0.717) is 13.1 Å². The van der Waals surface area contributed by atoms with Crippen LogP contribution in [-0.4, -0.2) is 37.0 Å². The second kappa shape index (κ2) is 6.02. The average Bonchev–Trinajstić information content (AvgIpc) is 2.41. The summed E-state index contributed by atoms with van der Waals surface area (Å²) < 4.78 is 18.5. The number of nitrogens with one attached hydrogen (secondary N) is 1. The Morgan fingerprint density at radius 3 is 2.95 bits per heavy atom. The van der Waals surface area contributed by atoms with E-state index in [4.69, 9.17) is 4.74 Å². The van der Waals surface area contributed by atoms with Gasteiger partial charge in [0.25, 0.3) is 0 Å². The predicted molar refractivity (Wildman–Crippen MR) is 70.5 cm³/mol. The van der Waals surface area contributed by atoms with Crippen molar-refractivity contribution >= 4 is 5.91 Å². The Hall–Kier alpha value is -1.62. The molecule has 0 radical (unpaired) electrons. The van der Waals surface area contributed by atoms with Gasteiger partial charge in [0.2, 0.25) is 5.91 Å². The van der Waals surface area contributed by atoms with Crippen LogP contribution in [0.15, 0.2) is 18.2 Å². The standard InChI is InChI=1S/C14H19FN2O2/c1-3-12-14(18)17(7-6-16-12)9-10-4-5-13(19-2)11(15)8-10/h4-5,8,12,16H,3,6-7,9H2,1-2H3. The number of carbonyl (C=O) groups excluding carboxylic acids is 1. The van der Waals surface area contributed by atoms with Gasteiger partial charge in [0.1, 0.15) is 0 Å². The maximum atomic E-state index is 13.6. The van der Waals surface area contributed by atoms with Crippen LogP contribution in [0.3, 0.4) is 0 Å². The van der Waals surface area contributed by atoms with Crippen LogP contribution in [0.1, 0.15) is 18.9 Å². The molecule has 0 aromatic heterocycles. The van der Waals surface area contributed by atoms with Crippen LogP contribution < -0.4 is 10.1 Å². The van der Waals surface area contributed by atoms with Crippen LogP contribution in [-0.2, 0) is 11.3 Å². The maximum Gasteiger partial charge on any atom is 0.240 e. The largest absolute Gasteiger partial charge is 0.494 e. The first-order valence-electron chi connectivity index (χ1n) is 6.50. The van der Waals surface area contributed by atoms with Crippen molar-refractivity contribution in [3.63, 3.8) is 0 Å². The quantitative estimate of drug-likeness (QED) is 0.899. The number of halogens is 1.